The number of hydrogen-bond acceptors (Lipinski definition) is 3. The van der Waals surface area contributed by atoms with Crippen LogP contribution in [0.2, 0.25) is 0 Å². The van der Waals surface area contributed by atoms with Gasteiger partial charge in [0, 0.05) is 13.7 Å². The Kier molecular flexibility index (Phi) is 2.62. The molecule has 3 heteroatoms. The van der Waals surface area contributed by atoms with Crippen molar-refractivity contribution in [1.29, 1.82) is 0 Å². The maximum absolute atomic E-state index is 10.6. The van der Waals surface area contributed by atoms with Gasteiger partial charge in [0.2, 0.25) is 0 Å². The minimum Gasteiger partial charge on any atom is -0.375 e. The molecule has 0 aromatic heterocycles. The van der Waals surface area contributed by atoms with Crippen LogP contribution in [0, 0.1) is 0 Å². The van der Waals surface area contributed by atoms with Gasteiger partial charge in [-0.2, -0.15) is 0 Å². The predicted molar refractivity (Wildman–Crippen MR) is 40.5 cm³/mol. The summed E-state index contributed by atoms with van der Waals surface area (Å²) in [6.07, 6.45) is 2.72. The van der Waals surface area contributed by atoms with E-state index >= 15 is 0 Å². The summed E-state index contributed by atoms with van der Waals surface area (Å²) in [7, 11) is 1.54. The molecule has 0 aliphatic carbocycles. The summed E-state index contributed by atoms with van der Waals surface area (Å²) in [5, 5.41) is 0. The van der Waals surface area contributed by atoms with Crippen LogP contribution in [-0.4, -0.2) is 31.7 Å². The quantitative estimate of drug-likeness (QED) is 0.569. The lowest BCUT2D eigenvalue weighted by Crippen LogP contribution is -2.42. The number of carbonyl (C=O) groups excluding carboxylic acids is 1. The van der Waals surface area contributed by atoms with Crippen LogP contribution >= 0.6 is 0 Å². The maximum atomic E-state index is 10.6. The van der Waals surface area contributed by atoms with Gasteiger partial charge in [0.25, 0.3) is 0 Å². The molecule has 3 nitrogen and oxygen atoms in total. The Morgan fingerprint density at radius 2 is 2.45 bits per heavy atom. The van der Waals surface area contributed by atoms with Gasteiger partial charge < -0.3 is 14.3 Å². The van der Waals surface area contributed by atoms with Gasteiger partial charge in [-0.25, -0.2) is 0 Å². The molecule has 0 spiro atoms. The van der Waals surface area contributed by atoms with Crippen molar-refractivity contribution in [1.82, 2.24) is 0 Å². The normalized spacial score (nSPS) is 29.8. The largest absolute Gasteiger partial charge is 0.375 e. The fourth-order valence-corrected chi connectivity index (χ4v) is 1.29. The zero-order chi connectivity index (χ0) is 8.32. The number of carbonyl (C=O) groups is 1. The molecular formula is C8H14O3. The van der Waals surface area contributed by atoms with E-state index in [2.05, 4.69) is 0 Å². The molecular weight excluding hydrogens is 144 g/mol. The first-order chi connectivity index (χ1) is 5.23. The van der Waals surface area contributed by atoms with E-state index in [9.17, 15) is 4.79 Å². The first kappa shape index (κ1) is 8.68. The van der Waals surface area contributed by atoms with Crippen LogP contribution in [0.5, 0.6) is 0 Å². The highest BCUT2D eigenvalue weighted by atomic mass is 16.5. The molecule has 1 rings (SSSR count). The molecule has 0 N–H and O–H groups in total. The van der Waals surface area contributed by atoms with E-state index in [1.54, 1.807) is 6.92 Å². The van der Waals surface area contributed by atoms with E-state index < -0.39 is 5.60 Å². The number of ether oxygens (including phenoxy) is 2. The molecule has 0 saturated carbocycles. The Balaban J connectivity index is 2.59. The third-order valence-corrected chi connectivity index (χ3v) is 2.24. The van der Waals surface area contributed by atoms with E-state index in [4.69, 9.17) is 9.47 Å². The lowest BCUT2D eigenvalue weighted by atomic mass is 9.98. The number of hydrogen-bond donors (Lipinski definition) is 0. The fourth-order valence-electron chi connectivity index (χ4n) is 1.29. The second kappa shape index (κ2) is 3.32. The number of aldehydes is 1. The van der Waals surface area contributed by atoms with Gasteiger partial charge in [-0.1, -0.05) is 0 Å². The maximum Gasteiger partial charge on any atom is 0.154 e. The van der Waals surface area contributed by atoms with Crippen LogP contribution in [0.25, 0.3) is 0 Å². The minimum absolute atomic E-state index is 0.0509. The first-order valence-electron chi connectivity index (χ1n) is 3.86. The van der Waals surface area contributed by atoms with Crippen molar-refractivity contribution in [2.45, 2.75) is 31.5 Å². The van der Waals surface area contributed by atoms with Crippen molar-refractivity contribution in [3.8, 4) is 0 Å². The lowest BCUT2D eigenvalue weighted by Gasteiger charge is -2.27. The zero-order valence-corrected chi connectivity index (χ0v) is 7.00. The van der Waals surface area contributed by atoms with Crippen molar-refractivity contribution in [2.75, 3.05) is 13.7 Å². The summed E-state index contributed by atoms with van der Waals surface area (Å²) in [5.41, 5.74) is -0.740. The average Bonchev–Trinajstić information content (AvgIpc) is 2.55. The Morgan fingerprint density at radius 3 is 2.82 bits per heavy atom. The smallest absolute Gasteiger partial charge is 0.154 e. The molecule has 2 atom stereocenters. The Hall–Kier alpha value is -0.410. The molecule has 64 valence electrons. The van der Waals surface area contributed by atoms with Gasteiger partial charge in [-0.3, -0.25) is 0 Å². The van der Waals surface area contributed by atoms with Crippen molar-refractivity contribution in [3.05, 3.63) is 0 Å². The van der Waals surface area contributed by atoms with Crippen molar-refractivity contribution < 1.29 is 14.3 Å². The van der Waals surface area contributed by atoms with Crippen LogP contribution < -0.4 is 0 Å². The van der Waals surface area contributed by atoms with Gasteiger partial charge in [0.15, 0.2) is 6.29 Å². The second-order valence-electron chi connectivity index (χ2n) is 3.01. The molecule has 11 heavy (non-hydrogen) atoms. The van der Waals surface area contributed by atoms with Crippen LogP contribution in [0.4, 0.5) is 0 Å². The summed E-state index contributed by atoms with van der Waals surface area (Å²) in [5.74, 6) is 0. The molecule has 1 heterocycles. The van der Waals surface area contributed by atoms with Crippen LogP contribution in [0.15, 0.2) is 0 Å². The predicted octanol–water partition coefficient (Wildman–Crippen LogP) is 0.769. The molecule has 0 aromatic rings. The van der Waals surface area contributed by atoms with E-state index in [0.29, 0.717) is 0 Å². The summed E-state index contributed by atoms with van der Waals surface area (Å²) in [6, 6.07) is 0. The zero-order valence-electron chi connectivity index (χ0n) is 7.00. The molecule has 1 saturated heterocycles. The van der Waals surface area contributed by atoms with Crippen LogP contribution in [0.3, 0.4) is 0 Å². The highest BCUT2D eigenvalue weighted by Crippen LogP contribution is 2.24. The Morgan fingerprint density at radius 1 is 1.73 bits per heavy atom. The topological polar surface area (TPSA) is 35.5 Å². The highest BCUT2D eigenvalue weighted by molar-refractivity contribution is 5.63. The molecule has 1 fully saturated rings. The number of methoxy groups -OCH3 is 1. The van der Waals surface area contributed by atoms with Crippen LogP contribution in [-0.2, 0) is 14.3 Å². The van der Waals surface area contributed by atoms with Gasteiger partial charge in [-0.15, -0.1) is 0 Å². The SMILES string of the molecule is COC(C)(C=O)C1CCCO1. The van der Waals surface area contributed by atoms with Crippen molar-refractivity contribution in [3.63, 3.8) is 0 Å². The van der Waals surface area contributed by atoms with Gasteiger partial charge >= 0.3 is 0 Å². The summed E-state index contributed by atoms with van der Waals surface area (Å²) in [4.78, 5) is 10.6. The Labute approximate surface area is 66.7 Å². The molecule has 1 aliphatic heterocycles. The molecule has 0 amide bonds. The highest BCUT2D eigenvalue weighted by Gasteiger charge is 2.36. The van der Waals surface area contributed by atoms with E-state index in [1.165, 1.54) is 7.11 Å². The standard InChI is InChI=1S/C8H14O3/c1-8(6-9,10-2)7-4-3-5-11-7/h6-7H,3-5H2,1-2H3. The molecule has 0 bridgehead atoms. The summed E-state index contributed by atoms with van der Waals surface area (Å²) >= 11 is 0. The van der Waals surface area contributed by atoms with E-state index in [0.717, 1.165) is 25.7 Å². The van der Waals surface area contributed by atoms with Crippen molar-refractivity contribution >= 4 is 6.29 Å². The summed E-state index contributed by atoms with van der Waals surface area (Å²) < 4.78 is 10.4. The molecule has 1 aliphatic rings. The summed E-state index contributed by atoms with van der Waals surface area (Å²) in [6.45, 7) is 2.51. The fraction of sp³-hybridized carbons (Fsp3) is 0.875. The molecule has 0 aromatic carbocycles. The van der Waals surface area contributed by atoms with Crippen LogP contribution in [0.1, 0.15) is 19.8 Å². The van der Waals surface area contributed by atoms with E-state index in [-0.39, 0.29) is 6.10 Å². The molecule has 0 radical (unpaired) electrons. The second-order valence-corrected chi connectivity index (χ2v) is 3.01. The minimum atomic E-state index is -0.740. The average molecular weight is 158 g/mol. The van der Waals surface area contributed by atoms with Gasteiger partial charge in [0.05, 0.1) is 6.10 Å². The monoisotopic (exact) mass is 158 g/mol. The van der Waals surface area contributed by atoms with Gasteiger partial charge in [0.1, 0.15) is 5.60 Å². The van der Waals surface area contributed by atoms with Crippen molar-refractivity contribution in [2.24, 2.45) is 0 Å². The third-order valence-electron chi connectivity index (χ3n) is 2.24. The van der Waals surface area contributed by atoms with E-state index in [1.807, 2.05) is 0 Å². The number of rotatable bonds is 3. The van der Waals surface area contributed by atoms with Gasteiger partial charge in [-0.05, 0) is 19.8 Å². The first-order valence-corrected chi connectivity index (χ1v) is 3.86. The lowest BCUT2D eigenvalue weighted by molar-refractivity contribution is -0.141. The molecule has 2 unspecified atom stereocenters. The Bertz CT molecular complexity index is 140. The third kappa shape index (κ3) is 1.60.